The number of nitrogen functional groups attached to an aromatic ring is 1. The van der Waals surface area contributed by atoms with E-state index < -0.39 is 6.10 Å². The largest absolute Gasteiger partial charge is 0.388 e. The lowest BCUT2D eigenvalue weighted by Gasteiger charge is -2.08. The van der Waals surface area contributed by atoms with Gasteiger partial charge in [-0.2, -0.15) is 5.10 Å². The number of nitrogens with two attached hydrogens (primary N) is 1. The minimum Gasteiger partial charge on any atom is -0.388 e. The second-order valence-electron chi connectivity index (χ2n) is 3.34. The van der Waals surface area contributed by atoms with Crippen molar-refractivity contribution >= 4 is 5.82 Å². The van der Waals surface area contributed by atoms with Crippen molar-refractivity contribution in [2.75, 3.05) is 5.73 Å². The smallest absolute Gasteiger partial charge is 0.127 e. The fourth-order valence-electron chi connectivity index (χ4n) is 1.33. The van der Waals surface area contributed by atoms with Crippen LogP contribution in [0.15, 0.2) is 18.9 Å². The molecule has 0 fully saturated rings. The van der Waals surface area contributed by atoms with E-state index >= 15 is 0 Å². The van der Waals surface area contributed by atoms with Gasteiger partial charge in [0.1, 0.15) is 5.82 Å². The Bertz CT molecular complexity index is 306. The van der Waals surface area contributed by atoms with Gasteiger partial charge in [0.25, 0.3) is 0 Å². The van der Waals surface area contributed by atoms with Gasteiger partial charge in [0.2, 0.25) is 0 Å². The van der Waals surface area contributed by atoms with E-state index in [1.165, 1.54) is 0 Å². The summed E-state index contributed by atoms with van der Waals surface area (Å²) in [4.78, 5) is 0. The Labute approximate surface area is 84.0 Å². The third-order valence-corrected chi connectivity index (χ3v) is 2.26. The number of rotatable bonds is 5. The van der Waals surface area contributed by atoms with Crippen LogP contribution in [-0.4, -0.2) is 14.9 Å². The van der Waals surface area contributed by atoms with Crippen LogP contribution >= 0.6 is 0 Å². The van der Waals surface area contributed by atoms with Gasteiger partial charge in [0.05, 0.1) is 12.3 Å². The van der Waals surface area contributed by atoms with Crippen LogP contribution in [0.3, 0.4) is 0 Å². The summed E-state index contributed by atoms with van der Waals surface area (Å²) in [6.45, 7) is 3.63. The van der Waals surface area contributed by atoms with Crippen LogP contribution in [0.2, 0.25) is 0 Å². The van der Waals surface area contributed by atoms with Crippen molar-refractivity contribution in [1.82, 2.24) is 9.78 Å². The molecule has 0 spiro atoms. The molecule has 0 aliphatic carbocycles. The van der Waals surface area contributed by atoms with E-state index in [1.807, 2.05) is 6.08 Å². The molecular weight excluding hydrogens is 178 g/mol. The van der Waals surface area contributed by atoms with Gasteiger partial charge in [-0.1, -0.05) is 6.08 Å². The highest BCUT2D eigenvalue weighted by molar-refractivity contribution is 5.39. The average molecular weight is 195 g/mol. The van der Waals surface area contributed by atoms with Gasteiger partial charge < -0.3 is 10.8 Å². The standard InChI is InChI=1S/C10H17N3O/c1-3-4-5-6-9(14)8-7-12-13(2)10(8)11/h3,7,9,14H,1,4-6,11H2,2H3. The quantitative estimate of drug-likeness (QED) is 0.551. The zero-order valence-corrected chi connectivity index (χ0v) is 8.48. The second-order valence-corrected chi connectivity index (χ2v) is 3.34. The Hall–Kier alpha value is -1.29. The van der Waals surface area contributed by atoms with Gasteiger partial charge in [-0.3, -0.25) is 4.68 Å². The van der Waals surface area contributed by atoms with E-state index in [1.54, 1.807) is 17.9 Å². The molecule has 3 N–H and O–H groups in total. The van der Waals surface area contributed by atoms with E-state index in [4.69, 9.17) is 5.73 Å². The van der Waals surface area contributed by atoms with Crippen molar-refractivity contribution in [3.05, 3.63) is 24.4 Å². The highest BCUT2D eigenvalue weighted by atomic mass is 16.3. The number of aliphatic hydroxyl groups is 1. The molecule has 4 heteroatoms. The molecule has 1 aromatic heterocycles. The molecule has 0 saturated heterocycles. The monoisotopic (exact) mass is 195 g/mol. The fourth-order valence-corrected chi connectivity index (χ4v) is 1.33. The van der Waals surface area contributed by atoms with Gasteiger partial charge >= 0.3 is 0 Å². The Morgan fingerprint density at radius 2 is 2.50 bits per heavy atom. The molecule has 0 bridgehead atoms. The molecule has 0 radical (unpaired) electrons. The minimum atomic E-state index is -0.511. The van der Waals surface area contributed by atoms with Gasteiger partial charge in [-0.25, -0.2) is 0 Å². The van der Waals surface area contributed by atoms with E-state index in [2.05, 4.69) is 11.7 Å². The van der Waals surface area contributed by atoms with Crippen LogP contribution in [-0.2, 0) is 7.05 Å². The summed E-state index contributed by atoms with van der Waals surface area (Å²) in [5, 5.41) is 13.8. The number of anilines is 1. The molecule has 0 amide bonds. The van der Waals surface area contributed by atoms with Crippen LogP contribution in [0.1, 0.15) is 30.9 Å². The van der Waals surface area contributed by atoms with Crippen molar-refractivity contribution in [3.8, 4) is 0 Å². The first-order valence-corrected chi connectivity index (χ1v) is 4.73. The second kappa shape index (κ2) is 4.81. The highest BCUT2D eigenvalue weighted by Crippen LogP contribution is 2.23. The van der Waals surface area contributed by atoms with Crippen molar-refractivity contribution in [1.29, 1.82) is 0 Å². The van der Waals surface area contributed by atoms with E-state index in [0.717, 1.165) is 18.4 Å². The lowest BCUT2D eigenvalue weighted by Crippen LogP contribution is -2.03. The summed E-state index contributed by atoms with van der Waals surface area (Å²) >= 11 is 0. The maximum Gasteiger partial charge on any atom is 0.127 e. The Morgan fingerprint density at radius 1 is 1.79 bits per heavy atom. The van der Waals surface area contributed by atoms with Crippen LogP contribution in [0.5, 0.6) is 0 Å². The molecule has 78 valence electrons. The predicted molar refractivity (Wildman–Crippen MR) is 56.6 cm³/mol. The molecule has 0 saturated carbocycles. The maximum atomic E-state index is 9.77. The number of aromatic nitrogens is 2. The number of unbranched alkanes of at least 4 members (excludes halogenated alkanes) is 1. The third-order valence-electron chi connectivity index (χ3n) is 2.26. The van der Waals surface area contributed by atoms with Crippen LogP contribution < -0.4 is 5.73 Å². The van der Waals surface area contributed by atoms with Crippen molar-refractivity contribution < 1.29 is 5.11 Å². The Kier molecular flexibility index (Phi) is 3.71. The molecule has 1 atom stereocenters. The summed E-state index contributed by atoms with van der Waals surface area (Å²) < 4.78 is 1.56. The molecule has 1 heterocycles. The van der Waals surface area contributed by atoms with Crippen molar-refractivity contribution in [2.24, 2.45) is 7.05 Å². The number of allylic oxidation sites excluding steroid dienone is 1. The average Bonchev–Trinajstić information content (AvgIpc) is 2.48. The number of aliphatic hydroxyl groups excluding tert-OH is 1. The van der Waals surface area contributed by atoms with Gasteiger partial charge in [0, 0.05) is 12.6 Å². The molecule has 0 aliphatic rings. The third kappa shape index (κ3) is 2.35. The molecule has 14 heavy (non-hydrogen) atoms. The van der Waals surface area contributed by atoms with E-state index in [-0.39, 0.29) is 0 Å². The number of aryl methyl sites for hydroxylation is 1. The maximum absolute atomic E-state index is 9.77. The topological polar surface area (TPSA) is 64.1 Å². The minimum absolute atomic E-state index is 0.511. The van der Waals surface area contributed by atoms with Crippen molar-refractivity contribution in [2.45, 2.75) is 25.4 Å². The highest BCUT2D eigenvalue weighted by Gasteiger charge is 2.13. The first kappa shape index (κ1) is 10.8. The summed E-state index contributed by atoms with van der Waals surface area (Å²) in [6.07, 6.45) is 5.48. The van der Waals surface area contributed by atoms with E-state index in [0.29, 0.717) is 12.2 Å². The zero-order chi connectivity index (χ0) is 10.6. The van der Waals surface area contributed by atoms with E-state index in [9.17, 15) is 5.11 Å². The summed E-state index contributed by atoms with van der Waals surface area (Å²) in [5.74, 6) is 0.538. The van der Waals surface area contributed by atoms with Gasteiger partial charge in [-0.15, -0.1) is 6.58 Å². The number of nitrogens with zero attached hydrogens (tertiary/aromatic N) is 2. The predicted octanol–water partition coefficient (Wildman–Crippen LogP) is 1.39. The lowest BCUT2D eigenvalue weighted by atomic mass is 10.1. The van der Waals surface area contributed by atoms with Gasteiger partial charge in [0.15, 0.2) is 0 Å². The molecular formula is C10H17N3O. The number of hydrogen-bond acceptors (Lipinski definition) is 3. The molecule has 0 aromatic carbocycles. The Balaban J connectivity index is 2.55. The zero-order valence-electron chi connectivity index (χ0n) is 8.48. The summed E-state index contributed by atoms with van der Waals surface area (Å²) in [5.41, 5.74) is 6.45. The normalized spacial score (nSPS) is 12.7. The molecule has 0 aliphatic heterocycles. The van der Waals surface area contributed by atoms with Crippen molar-refractivity contribution in [3.63, 3.8) is 0 Å². The molecule has 1 unspecified atom stereocenters. The van der Waals surface area contributed by atoms with Gasteiger partial charge in [-0.05, 0) is 19.3 Å². The number of hydrogen-bond donors (Lipinski definition) is 2. The van der Waals surface area contributed by atoms with Crippen LogP contribution in [0.4, 0.5) is 5.82 Å². The first-order valence-electron chi connectivity index (χ1n) is 4.73. The van der Waals surface area contributed by atoms with Crippen LogP contribution in [0.25, 0.3) is 0 Å². The summed E-state index contributed by atoms with van der Waals surface area (Å²) in [7, 11) is 1.76. The molecule has 1 rings (SSSR count). The fraction of sp³-hybridized carbons (Fsp3) is 0.500. The molecule has 1 aromatic rings. The first-order chi connectivity index (χ1) is 6.66. The lowest BCUT2D eigenvalue weighted by molar-refractivity contribution is 0.165. The van der Waals surface area contributed by atoms with Crippen LogP contribution in [0, 0.1) is 0 Å². The summed E-state index contributed by atoms with van der Waals surface area (Å²) in [6, 6.07) is 0. The molecule has 4 nitrogen and oxygen atoms in total. The SMILES string of the molecule is C=CCCCC(O)c1cnn(C)c1N. The Morgan fingerprint density at radius 3 is 3.00 bits per heavy atom.